The maximum atomic E-state index is 12.4. The van der Waals surface area contributed by atoms with Gasteiger partial charge in [-0.15, -0.1) is 0 Å². The van der Waals surface area contributed by atoms with Gasteiger partial charge in [0.05, 0.1) is 5.71 Å². The highest BCUT2D eigenvalue weighted by molar-refractivity contribution is 7.88. The summed E-state index contributed by atoms with van der Waals surface area (Å²) in [4.78, 5) is 23.0. The van der Waals surface area contributed by atoms with E-state index < -0.39 is 33.2 Å². The average Bonchev–Trinajstić information content (AvgIpc) is 2.68. The van der Waals surface area contributed by atoms with Gasteiger partial charge in [-0.2, -0.15) is 26.7 Å². The van der Waals surface area contributed by atoms with E-state index in [1.54, 1.807) is 12.1 Å². The minimum absolute atomic E-state index is 0.120. The van der Waals surface area contributed by atoms with Gasteiger partial charge < -0.3 is 9.50 Å². The summed E-state index contributed by atoms with van der Waals surface area (Å²) in [5.41, 5.74) is -2.70. The molecule has 0 saturated carbocycles. The number of benzene rings is 2. The third-order valence-electron chi connectivity index (χ3n) is 3.44. The molecular weight excluding hydrogens is 451 g/mol. The van der Waals surface area contributed by atoms with Crippen LogP contribution in [0.15, 0.2) is 53.6 Å². The second-order valence-electron chi connectivity index (χ2n) is 5.49. The topological polar surface area (TPSA) is 114 Å². The van der Waals surface area contributed by atoms with E-state index in [1.165, 1.54) is 31.3 Å². The van der Waals surface area contributed by atoms with Crippen LogP contribution in [-0.2, 0) is 19.7 Å². The summed E-state index contributed by atoms with van der Waals surface area (Å²) in [7, 11) is -4.57. The van der Waals surface area contributed by atoms with Crippen molar-refractivity contribution in [2.75, 3.05) is 7.05 Å². The fraction of sp³-hybridized carbons (Fsp3) is 0.118. The Morgan fingerprint density at radius 2 is 1.47 bits per heavy atom. The van der Waals surface area contributed by atoms with Crippen LogP contribution in [0.3, 0.4) is 0 Å². The zero-order chi connectivity index (χ0) is 22.5. The maximum Gasteiger partial charge on any atom is 0.534 e. The normalized spacial score (nSPS) is 12.2. The fourth-order valence-corrected chi connectivity index (χ4v) is 2.60. The number of halogens is 4. The largest absolute Gasteiger partial charge is 0.534 e. The van der Waals surface area contributed by atoms with Crippen molar-refractivity contribution in [3.63, 3.8) is 0 Å². The lowest BCUT2D eigenvalue weighted by Gasteiger charge is -2.11. The van der Waals surface area contributed by atoms with Gasteiger partial charge in [-0.05, 0) is 36.4 Å². The summed E-state index contributed by atoms with van der Waals surface area (Å²) in [5.74, 6) is -2.59. The molecule has 0 spiro atoms. The monoisotopic (exact) mass is 463 g/mol. The molecular formula is C17H13ClF3N3O5S. The Morgan fingerprint density at radius 1 is 0.967 bits per heavy atom. The molecule has 0 aliphatic carbocycles. The molecule has 0 fully saturated rings. The first kappa shape index (κ1) is 23.2. The summed E-state index contributed by atoms with van der Waals surface area (Å²) in [6, 6.07) is 10.6. The third kappa shape index (κ3) is 5.70. The van der Waals surface area contributed by atoms with Crippen molar-refractivity contribution in [1.29, 1.82) is 0 Å². The van der Waals surface area contributed by atoms with Crippen molar-refractivity contribution in [1.82, 2.24) is 10.7 Å². The van der Waals surface area contributed by atoms with Crippen LogP contribution < -0.4 is 14.9 Å². The lowest BCUT2D eigenvalue weighted by molar-refractivity contribution is -0.138. The van der Waals surface area contributed by atoms with Gasteiger partial charge in [-0.25, -0.2) is 5.43 Å². The lowest BCUT2D eigenvalue weighted by atomic mass is 10.0. The van der Waals surface area contributed by atoms with Crippen molar-refractivity contribution in [3.8, 4) is 5.75 Å². The Labute approximate surface area is 173 Å². The number of alkyl halides is 3. The van der Waals surface area contributed by atoms with Crippen LogP contribution in [0, 0.1) is 0 Å². The number of carbonyl (C=O) groups is 2. The van der Waals surface area contributed by atoms with Gasteiger partial charge in [0.2, 0.25) is 0 Å². The van der Waals surface area contributed by atoms with Crippen LogP contribution in [0.4, 0.5) is 13.2 Å². The first-order chi connectivity index (χ1) is 13.9. The van der Waals surface area contributed by atoms with Crippen molar-refractivity contribution >= 4 is 39.2 Å². The van der Waals surface area contributed by atoms with Crippen molar-refractivity contribution < 1.29 is 35.4 Å². The minimum atomic E-state index is -5.82. The third-order valence-corrected chi connectivity index (χ3v) is 4.67. The maximum absolute atomic E-state index is 12.4. The van der Waals surface area contributed by atoms with E-state index >= 15 is 0 Å². The van der Waals surface area contributed by atoms with Gasteiger partial charge in [-0.3, -0.25) is 9.59 Å². The van der Waals surface area contributed by atoms with Crippen LogP contribution in [0.1, 0.15) is 11.1 Å². The van der Waals surface area contributed by atoms with E-state index in [2.05, 4.69) is 14.6 Å². The van der Waals surface area contributed by atoms with E-state index in [4.69, 9.17) is 11.6 Å². The van der Waals surface area contributed by atoms with E-state index in [9.17, 15) is 31.2 Å². The van der Waals surface area contributed by atoms with E-state index in [-0.39, 0.29) is 11.3 Å². The molecule has 0 heterocycles. The molecule has 0 radical (unpaired) electrons. The molecule has 0 aliphatic heterocycles. The molecule has 2 aromatic carbocycles. The fourth-order valence-electron chi connectivity index (χ4n) is 2.02. The molecule has 13 heteroatoms. The molecule has 2 rings (SSSR count). The molecule has 0 saturated heterocycles. The summed E-state index contributed by atoms with van der Waals surface area (Å²) in [6.45, 7) is 0. The molecule has 0 atom stereocenters. The van der Waals surface area contributed by atoms with Gasteiger partial charge in [0.1, 0.15) is 5.75 Å². The minimum Gasteiger partial charge on any atom is -0.376 e. The molecule has 2 amide bonds. The number of hydrogen-bond acceptors (Lipinski definition) is 6. The quantitative estimate of drug-likeness (QED) is 0.232. The zero-order valence-corrected chi connectivity index (χ0v) is 16.6. The predicted octanol–water partition coefficient (Wildman–Crippen LogP) is 2.18. The van der Waals surface area contributed by atoms with Gasteiger partial charge in [0, 0.05) is 23.2 Å². The molecule has 160 valence electrons. The average molecular weight is 464 g/mol. The first-order valence-corrected chi connectivity index (χ1v) is 9.70. The van der Waals surface area contributed by atoms with Gasteiger partial charge in [0.25, 0.3) is 0 Å². The molecule has 8 nitrogen and oxygen atoms in total. The second-order valence-corrected chi connectivity index (χ2v) is 7.47. The summed E-state index contributed by atoms with van der Waals surface area (Å²) >= 11 is 5.84. The molecule has 2 aromatic rings. The Bertz CT molecular complexity index is 1070. The van der Waals surface area contributed by atoms with Crippen molar-refractivity contribution in [2.45, 2.75) is 5.51 Å². The van der Waals surface area contributed by atoms with Crippen LogP contribution in [0.25, 0.3) is 0 Å². The van der Waals surface area contributed by atoms with Crippen LogP contribution in [0.5, 0.6) is 5.75 Å². The Morgan fingerprint density at radius 3 is 1.93 bits per heavy atom. The second kappa shape index (κ2) is 9.13. The zero-order valence-electron chi connectivity index (χ0n) is 15.0. The molecule has 0 unspecified atom stereocenters. The van der Waals surface area contributed by atoms with Gasteiger partial charge in [0.15, 0.2) is 0 Å². The number of rotatable bonds is 5. The van der Waals surface area contributed by atoms with Crippen LogP contribution in [-0.4, -0.2) is 38.5 Å². The summed E-state index contributed by atoms with van der Waals surface area (Å²) in [6.07, 6.45) is 0. The van der Waals surface area contributed by atoms with Crippen LogP contribution in [0.2, 0.25) is 5.02 Å². The smallest absolute Gasteiger partial charge is 0.376 e. The summed E-state index contributed by atoms with van der Waals surface area (Å²) < 4.78 is 63.5. The predicted molar refractivity (Wildman–Crippen MR) is 101 cm³/mol. The van der Waals surface area contributed by atoms with Crippen molar-refractivity contribution in [2.24, 2.45) is 5.10 Å². The Balaban J connectivity index is 2.38. The number of carbonyl (C=O) groups excluding carboxylic acids is 2. The molecule has 0 aliphatic rings. The van der Waals surface area contributed by atoms with Gasteiger partial charge >= 0.3 is 27.4 Å². The number of amides is 2. The molecule has 0 bridgehead atoms. The summed E-state index contributed by atoms with van der Waals surface area (Å²) in [5, 5.41) is 6.41. The number of nitrogens with zero attached hydrogens (tertiary/aromatic N) is 1. The van der Waals surface area contributed by atoms with Gasteiger partial charge in [-0.1, -0.05) is 23.7 Å². The van der Waals surface area contributed by atoms with E-state index in [0.29, 0.717) is 10.6 Å². The van der Waals surface area contributed by atoms with E-state index in [1.807, 2.05) is 5.43 Å². The molecule has 30 heavy (non-hydrogen) atoms. The Kier molecular flexibility index (Phi) is 7.05. The number of hydrogen-bond donors (Lipinski definition) is 2. The van der Waals surface area contributed by atoms with Crippen LogP contribution >= 0.6 is 11.6 Å². The molecule has 2 N–H and O–H groups in total. The SMILES string of the molecule is CNC(=O)C(=O)N/N=C(/c1ccc(Cl)cc1)c1ccc(OS(=O)(=O)C(F)(F)F)cc1. The van der Waals surface area contributed by atoms with E-state index in [0.717, 1.165) is 12.1 Å². The van der Waals surface area contributed by atoms with Crippen molar-refractivity contribution in [3.05, 3.63) is 64.7 Å². The number of likely N-dealkylation sites (N-methyl/N-ethyl adjacent to an activating group) is 1. The molecule has 0 aromatic heterocycles. The Hall–Kier alpha value is -3.12. The standard InChI is InChI=1S/C17H13ClF3N3O5S/c1-22-15(25)16(26)24-23-14(10-2-6-12(18)7-3-10)11-4-8-13(9-5-11)29-30(27,28)17(19,20)21/h2-9H,1H3,(H,22,25)(H,24,26)/b23-14-. The highest BCUT2D eigenvalue weighted by Crippen LogP contribution is 2.27. The number of hydrazone groups is 1. The number of nitrogens with one attached hydrogen (secondary N) is 2. The highest BCUT2D eigenvalue weighted by atomic mass is 35.5. The first-order valence-electron chi connectivity index (χ1n) is 7.91. The highest BCUT2D eigenvalue weighted by Gasteiger charge is 2.48. The lowest BCUT2D eigenvalue weighted by Crippen LogP contribution is -2.36.